The maximum Gasteiger partial charge on any atom is 0.270 e. The summed E-state index contributed by atoms with van der Waals surface area (Å²) in [6, 6.07) is 1.59. The summed E-state index contributed by atoms with van der Waals surface area (Å²) in [6.45, 7) is 0. The van der Waals surface area contributed by atoms with Gasteiger partial charge in [0.2, 0.25) is 5.95 Å². The van der Waals surface area contributed by atoms with Gasteiger partial charge in [-0.3, -0.25) is 4.79 Å². The Balaban J connectivity index is 1.62. The van der Waals surface area contributed by atoms with Crippen molar-refractivity contribution >= 4 is 21.7 Å². The van der Waals surface area contributed by atoms with Gasteiger partial charge in [-0.15, -0.1) is 0 Å². The number of carbonyl (C=O) groups excluding carboxylic acids is 1. The molecule has 1 atom stereocenters. The lowest BCUT2D eigenvalue weighted by Crippen LogP contribution is -2.36. The molecule has 8 heteroatoms. The molecule has 1 aromatic heterocycles. The minimum Gasteiger partial charge on any atom is -0.351 e. The number of carbonyl (C=O) groups is 1. The Kier molecular flexibility index (Phi) is 4.28. The second-order valence-corrected chi connectivity index (χ2v) is 8.19. The molecule has 1 aliphatic heterocycles. The van der Waals surface area contributed by atoms with Gasteiger partial charge in [0, 0.05) is 18.3 Å². The van der Waals surface area contributed by atoms with Crippen molar-refractivity contribution in [1.82, 2.24) is 15.3 Å². The van der Waals surface area contributed by atoms with E-state index < -0.39 is 9.84 Å². The number of hydrogen-bond acceptors (Lipinski definition) is 6. The van der Waals surface area contributed by atoms with Gasteiger partial charge in [0.1, 0.15) is 5.69 Å². The monoisotopic (exact) mass is 324 g/mol. The van der Waals surface area contributed by atoms with Crippen LogP contribution < -0.4 is 10.6 Å². The second kappa shape index (κ2) is 6.20. The molecule has 7 nitrogen and oxygen atoms in total. The molecule has 22 heavy (non-hydrogen) atoms. The Morgan fingerprint density at radius 3 is 2.64 bits per heavy atom. The van der Waals surface area contributed by atoms with Gasteiger partial charge in [0.25, 0.3) is 5.91 Å². The molecule has 0 aromatic carbocycles. The molecule has 1 aromatic rings. The van der Waals surface area contributed by atoms with E-state index in [0.29, 0.717) is 18.4 Å². The molecule has 1 aliphatic carbocycles. The number of amides is 1. The first-order valence-electron chi connectivity index (χ1n) is 7.63. The molecule has 3 rings (SSSR count). The molecule has 1 unspecified atom stereocenters. The quantitative estimate of drug-likeness (QED) is 0.847. The summed E-state index contributed by atoms with van der Waals surface area (Å²) in [5.41, 5.74) is 0.264. The van der Waals surface area contributed by atoms with Crippen molar-refractivity contribution in [3.8, 4) is 0 Å². The molecule has 0 spiro atoms. The van der Waals surface area contributed by atoms with Crippen LogP contribution in [0.15, 0.2) is 12.3 Å². The largest absolute Gasteiger partial charge is 0.351 e. The summed E-state index contributed by atoms with van der Waals surface area (Å²) < 4.78 is 22.8. The molecule has 2 heterocycles. The third-order valence-corrected chi connectivity index (χ3v) is 5.91. The van der Waals surface area contributed by atoms with Crippen molar-refractivity contribution in [1.29, 1.82) is 0 Å². The van der Waals surface area contributed by atoms with Crippen molar-refractivity contribution in [3.05, 3.63) is 18.0 Å². The van der Waals surface area contributed by atoms with Crippen molar-refractivity contribution in [2.24, 2.45) is 0 Å². The summed E-state index contributed by atoms with van der Waals surface area (Å²) in [6.07, 6.45) is 6.61. The van der Waals surface area contributed by atoms with Gasteiger partial charge in [-0.1, -0.05) is 12.8 Å². The third-order valence-electron chi connectivity index (χ3n) is 4.14. The van der Waals surface area contributed by atoms with Crippen LogP contribution in [-0.2, 0) is 9.84 Å². The highest BCUT2D eigenvalue weighted by molar-refractivity contribution is 7.91. The predicted molar refractivity (Wildman–Crippen MR) is 82.4 cm³/mol. The van der Waals surface area contributed by atoms with Crippen LogP contribution >= 0.6 is 0 Å². The fourth-order valence-corrected chi connectivity index (χ4v) is 4.65. The molecule has 2 fully saturated rings. The zero-order valence-corrected chi connectivity index (χ0v) is 13.1. The number of rotatable bonds is 4. The summed E-state index contributed by atoms with van der Waals surface area (Å²) in [7, 11) is -3.01. The minimum absolute atomic E-state index is 0.0109. The van der Waals surface area contributed by atoms with Crippen molar-refractivity contribution in [3.63, 3.8) is 0 Å². The third kappa shape index (κ3) is 3.73. The van der Waals surface area contributed by atoms with E-state index in [2.05, 4.69) is 20.6 Å². The van der Waals surface area contributed by atoms with Gasteiger partial charge in [0.15, 0.2) is 9.84 Å². The fraction of sp³-hybridized carbons (Fsp3) is 0.643. The minimum atomic E-state index is -3.01. The zero-order valence-electron chi connectivity index (χ0n) is 12.3. The van der Waals surface area contributed by atoms with Gasteiger partial charge in [-0.05, 0) is 25.3 Å². The number of aromatic nitrogens is 2. The van der Waals surface area contributed by atoms with E-state index in [1.54, 1.807) is 12.3 Å². The predicted octanol–water partition coefficient (Wildman–Crippen LogP) is 0.748. The summed E-state index contributed by atoms with van der Waals surface area (Å²) in [4.78, 5) is 20.6. The first-order chi connectivity index (χ1) is 10.5. The number of anilines is 1. The topological polar surface area (TPSA) is 101 Å². The maximum atomic E-state index is 12.2. The van der Waals surface area contributed by atoms with Crippen LogP contribution in [0.4, 0.5) is 5.95 Å². The Hall–Kier alpha value is -1.70. The molecule has 1 saturated carbocycles. The number of nitrogens with one attached hydrogen (secondary N) is 2. The standard InChI is InChI=1S/C14H20N4O3S/c19-13(16-11-6-8-22(20,21)9-11)12-5-7-15-14(18-12)17-10-3-1-2-4-10/h5,7,10-11H,1-4,6,8-9H2,(H,16,19)(H,15,17,18). The lowest BCUT2D eigenvalue weighted by molar-refractivity contribution is 0.0936. The summed E-state index contributed by atoms with van der Waals surface area (Å²) in [5.74, 6) is 0.255. The maximum absolute atomic E-state index is 12.2. The lowest BCUT2D eigenvalue weighted by atomic mass is 10.2. The zero-order chi connectivity index (χ0) is 15.6. The Morgan fingerprint density at radius 2 is 1.95 bits per heavy atom. The normalized spacial score (nSPS) is 24.3. The molecule has 1 saturated heterocycles. The SMILES string of the molecule is O=C(NC1CCS(=O)(=O)C1)c1ccnc(NC2CCCC2)n1. The Bertz CT molecular complexity index is 656. The second-order valence-electron chi connectivity index (χ2n) is 5.96. The van der Waals surface area contributed by atoms with E-state index in [9.17, 15) is 13.2 Å². The lowest BCUT2D eigenvalue weighted by Gasteiger charge is -2.13. The fourth-order valence-electron chi connectivity index (χ4n) is 2.98. The van der Waals surface area contributed by atoms with Crippen LogP contribution in [0.25, 0.3) is 0 Å². The van der Waals surface area contributed by atoms with Crippen molar-refractivity contribution in [2.75, 3.05) is 16.8 Å². The van der Waals surface area contributed by atoms with Crippen LogP contribution in [-0.4, -0.2) is 47.9 Å². The Morgan fingerprint density at radius 1 is 1.18 bits per heavy atom. The van der Waals surface area contributed by atoms with Crippen LogP contribution in [0.2, 0.25) is 0 Å². The van der Waals surface area contributed by atoms with Crippen LogP contribution in [0.1, 0.15) is 42.6 Å². The summed E-state index contributed by atoms with van der Waals surface area (Å²) in [5, 5.41) is 5.98. The van der Waals surface area contributed by atoms with Gasteiger partial charge >= 0.3 is 0 Å². The molecule has 2 N–H and O–H groups in total. The van der Waals surface area contributed by atoms with E-state index in [0.717, 1.165) is 12.8 Å². The molecule has 120 valence electrons. The highest BCUT2D eigenvalue weighted by Crippen LogP contribution is 2.20. The van der Waals surface area contributed by atoms with Gasteiger partial charge < -0.3 is 10.6 Å². The first kappa shape index (κ1) is 15.2. The van der Waals surface area contributed by atoms with Crippen LogP contribution in [0.3, 0.4) is 0 Å². The molecule has 2 aliphatic rings. The van der Waals surface area contributed by atoms with Crippen molar-refractivity contribution < 1.29 is 13.2 Å². The van der Waals surface area contributed by atoms with Crippen LogP contribution in [0, 0.1) is 0 Å². The molecule has 0 radical (unpaired) electrons. The smallest absolute Gasteiger partial charge is 0.270 e. The number of nitrogens with zero attached hydrogens (tertiary/aromatic N) is 2. The molecular weight excluding hydrogens is 304 g/mol. The van der Waals surface area contributed by atoms with E-state index in [4.69, 9.17) is 0 Å². The average molecular weight is 324 g/mol. The molecule has 0 bridgehead atoms. The van der Waals surface area contributed by atoms with E-state index in [1.165, 1.54) is 12.8 Å². The van der Waals surface area contributed by atoms with Gasteiger partial charge in [-0.25, -0.2) is 18.4 Å². The first-order valence-corrected chi connectivity index (χ1v) is 9.45. The average Bonchev–Trinajstić information content (AvgIpc) is 3.09. The van der Waals surface area contributed by atoms with E-state index >= 15 is 0 Å². The van der Waals surface area contributed by atoms with Crippen molar-refractivity contribution in [2.45, 2.75) is 44.2 Å². The molecule has 1 amide bonds. The Labute approximate surface area is 129 Å². The van der Waals surface area contributed by atoms with E-state index in [1.807, 2.05) is 0 Å². The number of hydrogen-bond donors (Lipinski definition) is 2. The summed E-state index contributed by atoms with van der Waals surface area (Å²) >= 11 is 0. The van der Waals surface area contributed by atoms with Gasteiger partial charge in [-0.2, -0.15) is 0 Å². The van der Waals surface area contributed by atoms with E-state index in [-0.39, 0.29) is 29.1 Å². The number of sulfone groups is 1. The van der Waals surface area contributed by atoms with Gasteiger partial charge in [0.05, 0.1) is 11.5 Å². The van der Waals surface area contributed by atoms with Crippen LogP contribution in [0.5, 0.6) is 0 Å². The highest BCUT2D eigenvalue weighted by Gasteiger charge is 2.29. The molecular formula is C14H20N4O3S. The highest BCUT2D eigenvalue weighted by atomic mass is 32.2.